The van der Waals surface area contributed by atoms with E-state index >= 15 is 0 Å². The summed E-state index contributed by atoms with van der Waals surface area (Å²) in [5.41, 5.74) is 1.48. The molecule has 2 aliphatic heterocycles. The van der Waals surface area contributed by atoms with Crippen LogP contribution in [0.4, 0.5) is 11.4 Å². The zero-order valence-corrected chi connectivity index (χ0v) is 15.6. The Kier molecular flexibility index (Phi) is 4.19. The Balaban J connectivity index is 2.03. The summed E-state index contributed by atoms with van der Waals surface area (Å²) in [5, 5.41) is 0. The Labute approximate surface area is 162 Å². The SMILES string of the molecule is CCC(=O)N1/C(=C2\C(=O)c3ccccc3N2C(=O)CC)C(=O)c2ccccc21. The highest BCUT2D eigenvalue weighted by Gasteiger charge is 2.45. The molecule has 0 fully saturated rings. The number of allylic oxidation sites excluding steroid dienone is 2. The summed E-state index contributed by atoms with van der Waals surface area (Å²) in [7, 11) is 0. The second-order valence-corrected chi connectivity index (χ2v) is 6.56. The lowest BCUT2D eigenvalue weighted by atomic mass is 10.1. The molecule has 0 aliphatic carbocycles. The van der Waals surface area contributed by atoms with Crippen LogP contribution >= 0.6 is 0 Å². The number of nitrogens with zero attached hydrogens (tertiary/aromatic N) is 2. The van der Waals surface area contributed by atoms with E-state index in [-0.39, 0.29) is 36.1 Å². The number of hydrogen-bond acceptors (Lipinski definition) is 4. The van der Waals surface area contributed by atoms with Crippen molar-refractivity contribution in [2.24, 2.45) is 0 Å². The lowest BCUT2D eigenvalue weighted by Gasteiger charge is -2.23. The minimum Gasteiger partial charge on any atom is -0.287 e. The van der Waals surface area contributed by atoms with E-state index in [2.05, 4.69) is 0 Å². The molecule has 4 rings (SSSR count). The number of carbonyl (C=O) groups is 4. The molecule has 0 atom stereocenters. The maximum atomic E-state index is 13.2. The molecular weight excluding hydrogens is 356 g/mol. The van der Waals surface area contributed by atoms with Crippen molar-refractivity contribution in [3.05, 3.63) is 71.1 Å². The first-order valence-electron chi connectivity index (χ1n) is 9.18. The van der Waals surface area contributed by atoms with Gasteiger partial charge in [0.1, 0.15) is 11.4 Å². The molecule has 0 N–H and O–H groups in total. The predicted molar refractivity (Wildman–Crippen MR) is 104 cm³/mol. The number of Topliss-reactive ketones (excluding diaryl/α,β-unsaturated/α-hetero) is 2. The van der Waals surface area contributed by atoms with Gasteiger partial charge in [-0.25, -0.2) is 0 Å². The monoisotopic (exact) mass is 374 g/mol. The highest BCUT2D eigenvalue weighted by molar-refractivity contribution is 6.33. The van der Waals surface area contributed by atoms with E-state index in [1.807, 2.05) is 0 Å². The lowest BCUT2D eigenvalue weighted by molar-refractivity contribution is -0.118. The Morgan fingerprint density at radius 3 is 1.39 bits per heavy atom. The highest BCUT2D eigenvalue weighted by atomic mass is 16.2. The van der Waals surface area contributed by atoms with Gasteiger partial charge >= 0.3 is 0 Å². The minimum absolute atomic E-state index is 0.0453. The lowest BCUT2D eigenvalue weighted by Crippen LogP contribution is -2.36. The van der Waals surface area contributed by atoms with E-state index in [0.29, 0.717) is 22.5 Å². The molecule has 2 aliphatic rings. The summed E-state index contributed by atoms with van der Waals surface area (Å²) >= 11 is 0. The van der Waals surface area contributed by atoms with E-state index in [1.54, 1.807) is 62.4 Å². The first kappa shape index (κ1) is 17.9. The summed E-state index contributed by atoms with van der Waals surface area (Å²) in [6.07, 6.45) is 0.308. The minimum atomic E-state index is -0.428. The second-order valence-electron chi connectivity index (χ2n) is 6.56. The van der Waals surface area contributed by atoms with Gasteiger partial charge in [0.2, 0.25) is 23.4 Å². The van der Waals surface area contributed by atoms with Crippen molar-refractivity contribution in [3.63, 3.8) is 0 Å². The largest absolute Gasteiger partial charge is 0.287 e. The molecule has 2 heterocycles. The van der Waals surface area contributed by atoms with E-state index < -0.39 is 11.6 Å². The summed E-state index contributed by atoms with van der Waals surface area (Å²) in [6, 6.07) is 13.5. The summed E-state index contributed by atoms with van der Waals surface area (Å²) in [5.74, 6) is -1.48. The van der Waals surface area contributed by atoms with Gasteiger partial charge in [-0.3, -0.25) is 29.0 Å². The van der Waals surface area contributed by atoms with E-state index in [0.717, 1.165) is 0 Å². The normalized spacial score (nSPS) is 17.8. The quantitative estimate of drug-likeness (QED) is 0.755. The molecule has 0 saturated heterocycles. The third-order valence-corrected chi connectivity index (χ3v) is 4.98. The number of amides is 2. The molecule has 0 bridgehead atoms. The van der Waals surface area contributed by atoms with E-state index in [4.69, 9.17) is 0 Å². The van der Waals surface area contributed by atoms with Gasteiger partial charge in [0.05, 0.1) is 11.4 Å². The van der Waals surface area contributed by atoms with Crippen molar-refractivity contribution in [1.82, 2.24) is 0 Å². The van der Waals surface area contributed by atoms with Crippen molar-refractivity contribution in [2.45, 2.75) is 26.7 Å². The maximum Gasteiger partial charge on any atom is 0.231 e. The van der Waals surface area contributed by atoms with Gasteiger partial charge in [-0.1, -0.05) is 38.1 Å². The zero-order valence-electron chi connectivity index (χ0n) is 15.6. The van der Waals surface area contributed by atoms with Crippen LogP contribution < -0.4 is 9.80 Å². The summed E-state index contributed by atoms with van der Waals surface area (Å²) in [4.78, 5) is 54.5. The molecule has 0 radical (unpaired) electrons. The van der Waals surface area contributed by atoms with Crippen molar-refractivity contribution in [3.8, 4) is 0 Å². The second kappa shape index (κ2) is 6.56. The van der Waals surface area contributed by atoms with Crippen molar-refractivity contribution in [2.75, 3.05) is 9.80 Å². The van der Waals surface area contributed by atoms with Gasteiger partial charge in [0.25, 0.3) is 0 Å². The number of anilines is 2. The molecule has 2 aromatic rings. The van der Waals surface area contributed by atoms with E-state index in [1.165, 1.54) is 9.80 Å². The van der Waals surface area contributed by atoms with Crippen LogP contribution in [0.15, 0.2) is 59.9 Å². The molecule has 28 heavy (non-hydrogen) atoms. The first-order valence-corrected chi connectivity index (χ1v) is 9.18. The van der Waals surface area contributed by atoms with Crippen LogP contribution in [0.5, 0.6) is 0 Å². The third kappa shape index (κ3) is 2.34. The highest BCUT2D eigenvalue weighted by Crippen LogP contribution is 2.42. The number of para-hydroxylation sites is 2. The molecule has 6 nitrogen and oxygen atoms in total. The Hall–Kier alpha value is -3.54. The average molecular weight is 374 g/mol. The van der Waals surface area contributed by atoms with Crippen molar-refractivity contribution in [1.29, 1.82) is 0 Å². The molecule has 0 unspecified atom stereocenters. The van der Waals surface area contributed by atoms with Gasteiger partial charge in [0, 0.05) is 24.0 Å². The molecule has 2 aromatic carbocycles. The standard InChI is InChI=1S/C22H18N2O4/c1-3-17(25)23-15-11-7-5-9-13(15)21(27)19(23)20-22(28)14-10-6-8-12-16(14)24(20)18(26)4-2/h5-12H,3-4H2,1-2H3/b20-19+. The fourth-order valence-electron chi connectivity index (χ4n) is 3.68. The fraction of sp³-hybridized carbons (Fsp3) is 0.182. The van der Waals surface area contributed by atoms with Crippen LogP contribution in [0, 0.1) is 0 Å². The zero-order chi connectivity index (χ0) is 20.0. The molecule has 2 amide bonds. The molecule has 0 saturated carbocycles. The number of ketones is 2. The van der Waals surface area contributed by atoms with Crippen LogP contribution in [0.2, 0.25) is 0 Å². The van der Waals surface area contributed by atoms with Crippen LogP contribution in [-0.2, 0) is 9.59 Å². The van der Waals surface area contributed by atoms with Crippen molar-refractivity contribution < 1.29 is 19.2 Å². The smallest absolute Gasteiger partial charge is 0.231 e. The van der Waals surface area contributed by atoms with Crippen LogP contribution in [0.3, 0.4) is 0 Å². The topological polar surface area (TPSA) is 74.8 Å². The molecule has 0 spiro atoms. The van der Waals surface area contributed by atoms with Gasteiger partial charge < -0.3 is 0 Å². The van der Waals surface area contributed by atoms with Gasteiger partial charge in [-0.15, -0.1) is 0 Å². The number of fused-ring (bicyclic) bond motifs is 2. The Morgan fingerprint density at radius 2 is 1.04 bits per heavy atom. The number of rotatable bonds is 2. The molecular formula is C22H18N2O4. The Morgan fingerprint density at radius 1 is 0.679 bits per heavy atom. The molecule has 140 valence electrons. The number of benzene rings is 2. The average Bonchev–Trinajstić information content (AvgIpc) is 3.18. The summed E-state index contributed by atoms with van der Waals surface area (Å²) < 4.78 is 0. The number of hydrogen-bond donors (Lipinski definition) is 0. The fourth-order valence-corrected chi connectivity index (χ4v) is 3.68. The molecule has 0 aromatic heterocycles. The number of carbonyl (C=O) groups excluding carboxylic acids is 4. The predicted octanol–water partition coefficient (Wildman–Crippen LogP) is 3.48. The van der Waals surface area contributed by atoms with Gasteiger partial charge in [-0.05, 0) is 24.3 Å². The van der Waals surface area contributed by atoms with Crippen molar-refractivity contribution >= 4 is 34.8 Å². The van der Waals surface area contributed by atoms with Crippen LogP contribution in [0.25, 0.3) is 0 Å². The Bertz CT molecular complexity index is 998. The third-order valence-electron chi connectivity index (χ3n) is 4.98. The van der Waals surface area contributed by atoms with Gasteiger partial charge in [-0.2, -0.15) is 0 Å². The van der Waals surface area contributed by atoms with Gasteiger partial charge in [0.15, 0.2) is 0 Å². The van der Waals surface area contributed by atoms with E-state index in [9.17, 15) is 19.2 Å². The maximum absolute atomic E-state index is 13.2. The summed E-state index contributed by atoms with van der Waals surface area (Å²) in [6.45, 7) is 3.38. The van der Waals surface area contributed by atoms with Crippen LogP contribution in [0.1, 0.15) is 47.4 Å². The molecule has 6 heteroatoms. The first-order chi connectivity index (χ1) is 13.5. The van der Waals surface area contributed by atoms with Crippen LogP contribution in [-0.4, -0.2) is 23.4 Å².